The van der Waals surface area contributed by atoms with Crippen LogP contribution in [0, 0.1) is 18.8 Å². The number of likely N-dealkylation sites (tertiary alicyclic amines) is 1. The molecule has 2 aliphatic heterocycles. The number of amides is 2. The summed E-state index contributed by atoms with van der Waals surface area (Å²) in [7, 11) is 0. The third kappa shape index (κ3) is 3.50. The molecule has 5 nitrogen and oxygen atoms in total. The minimum absolute atomic E-state index is 0.0157. The van der Waals surface area contributed by atoms with Gasteiger partial charge in [0, 0.05) is 25.9 Å². The van der Waals surface area contributed by atoms with Gasteiger partial charge in [-0.2, -0.15) is 5.10 Å². The van der Waals surface area contributed by atoms with Crippen LogP contribution in [0.5, 0.6) is 0 Å². The molecule has 0 spiro atoms. The molecule has 0 N–H and O–H groups in total. The second kappa shape index (κ2) is 6.75. The van der Waals surface area contributed by atoms with Crippen LogP contribution >= 0.6 is 0 Å². The summed E-state index contributed by atoms with van der Waals surface area (Å²) in [6.07, 6.45) is 1.92. The number of carbonyl (C=O) groups is 2. The van der Waals surface area contributed by atoms with Gasteiger partial charge in [0.15, 0.2) is 0 Å². The van der Waals surface area contributed by atoms with E-state index in [1.165, 1.54) is 5.01 Å². The number of piperidine rings is 1. The zero-order valence-corrected chi connectivity index (χ0v) is 14.7. The Hall–Kier alpha value is -2.17. The second-order valence-corrected chi connectivity index (χ2v) is 7.24. The third-order valence-corrected chi connectivity index (χ3v) is 4.71. The minimum atomic E-state index is -0.0595. The van der Waals surface area contributed by atoms with Crippen molar-refractivity contribution in [1.82, 2.24) is 4.90 Å². The molecule has 0 saturated carbocycles. The van der Waals surface area contributed by atoms with Crippen LogP contribution in [0.1, 0.15) is 38.7 Å². The Bertz CT molecular complexity index is 656. The Morgan fingerprint density at radius 3 is 2.33 bits per heavy atom. The van der Waals surface area contributed by atoms with Crippen molar-refractivity contribution in [1.29, 1.82) is 0 Å². The Morgan fingerprint density at radius 1 is 1.08 bits per heavy atom. The molecule has 128 valence electrons. The first kappa shape index (κ1) is 16.7. The predicted octanol–water partition coefficient (Wildman–Crippen LogP) is 2.98. The highest BCUT2D eigenvalue weighted by molar-refractivity contribution is 6.40. The van der Waals surface area contributed by atoms with Crippen molar-refractivity contribution in [2.75, 3.05) is 18.1 Å². The summed E-state index contributed by atoms with van der Waals surface area (Å²) in [4.78, 5) is 27.0. The zero-order valence-electron chi connectivity index (χ0n) is 14.7. The first-order valence-corrected chi connectivity index (χ1v) is 8.70. The largest absolute Gasteiger partial charge is 0.337 e. The maximum absolute atomic E-state index is 12.8. The van der Waals surface area contributed by atoms with Gasteiger partial charge < -0.3 is 4.90 Å². The van der Waals surface area contributed by atoms with E-state index >= 15 is 0 Å². The van der Waals surface area contributed by atoms with Crippen LogP contribution in [0.4, 0.5) is 5.69 Å². The fourth-order valence-electron chi connectivity index (χ4n) is 3.61. The fraction of sp³-hybridized carbons (Fsp3) is 0.526. The molecule has 2 heterocycles. The normalized spacial score (nSPS) is 24.8. The van der Waals surface area contributed by atoms with Crippen molar-refractivity contribution in [3.63, 3.8) is 0 Å². The van der Waals surface area contributed by atoms with Gasteiger partial charge in [-0.3, -0.25) is 9.59 Å². The molecular formula is C19H25N3O2. The lowest BCUT2D eigenvalue weighted by Crippen LogP contribution is -2.47. The topological polar surface area (TPSA) is 53.0 Å². The summed E-state index contributed by atoms with van der Waals surface area (Å²) >= 11 is 0. The number of hydrogen-bond donors (Lipinski definition) is 0. The van der Waals surface area contributed by atoms with Crippen molar-refractivity contribution in [2.24, 2.45) is 16.9 Å². The molecule has 1 aromatic carbocycles. The van der Waals surface area contributed by atoms with Crippen molar-refractivity contribution in [3.05, 3.63) is 29.8 Å². The van der Waals surface area contributed by atoms with E-state index in [-0.39, 0.29) is 11.8 Å². The van der Waals surface area contributed by atoms with Gasteiger partial charge in [0.1, 0.15) is 5.71 Å². The first-order chi connectivity index (χ1) is 11.4. The molecule has 2 aliphatic rings. The lowest BCUT2D eigenvalue weighted by Gasteiger charge is -2.36. The van der Waals surface area contributed by atoms with Crippen molar-refractivity contribution < 1.29 is 9.59 Å². The third-order valence-electron chi connectivity index (χ3n) is 4.71. The molecule has 1 fully saturated rings. The van der Waals surface area contributed by atoms with E-state index in [2.05, 4.69) is 18.9 Å². The summed E-state index contributed by atoms with van der Waals surface area (Å²) in [5.74, 6) is 0.947. The van der Waals surface area contributed by atoms with Gasteiger partial charge in [0.2, 0.25) is 5.91 Å². The van der Waals surface area contributed by atoms with E-state index in [1.54, 1.807) is 0 Å². The van der Waals surface area contributed by atoms with Gasteiger partial charge in [0.05, 0.1) is 5.69 Å². The second-order valence-electron chi connectivity index (χ2n) is 7.24. The van der Waals surface area contributed by atoms with Gasteiger partial charge in [-0.25, -0.2) is 5.01 Å². The molecule has 0 aromatic heterocycles. The van der Waals surface area contributed by atoms with Gasteiger partial charge in [-0.1, -0.05) is 31.5 Å². The number of hydrazone groups is 1. The summed E-state index contributed by atoms with van der Waals surface area (Å²) in [6.45, 7) is 7.92. The van der Waals surface area contributed by atoms with Crippen LogP contribution in [0.25, 0.3) is 0 Å². The van der Waals surface area contributed by atoms with E-state index in [9.17, 15) is 9.59 Å². The monoisotopic (exact) mass is 327 g/mol. The fourth-order valence-corrected chi connectivity index (χ4v) is 3.61. The zero-order chi connectivity index (χ0) is 17.3. The first-order valence-electron chi connectivity index (χ1n) is 8.70. The number of anilines is 1. The number of hydrogen-bond acceptors (Lipinski definition) is 3. The van der Waals surface area contributed by atoms with Gasteiger partial charge in [-0.05, 0) is 37.3 Å². The molecular weight excluding hydrogens is 302 g/mol. The summed E-state index contributed by atoms with van der Waals surface area (Å²) < 4.78 is 0. The maximum Gasteiger partial charge on any atom is 0.270 e. The maximum atomic E-state index is 12.8. The van der Waals surface area contributed by atoms with Crippen molar-refractivity contribution in [2.45, 2.75) is 40.0 Å². The highest BCUT2D eigenvalue weighted by atomic mass is 16.2. The summed E-state index contributed by atoms with van der Waals surface area (Å²) in [5, 5.41) is 5.78. The number of aryl methyl sites for hydroxylation is 1. The van der Waals surface area contributed by atoms with Gasteiger partial charge in [-0.15, -0.1) is 0 Å². The Balaban J connectivity index is 1.82. The van der Waals surface area contributed by atoms with Crippen LogP contribution in [0.2, 0.25) is 0 Å². The van der Waals surface area contributed by atoms with Crippen molar-refractivity contribution in [3.8, 4) is 0 Å². The molecule has 3 rings (SSSR count). The molecule has 1 aromatic rings. The van der Waals surface area contributed by atoms with E-state index in [0.717, 1.165) is 30.8 Å². The van der Waals surface area contributed by atoms with Gasteiger partial charge in [0.25, 0.3) is 5.91 Å². The predicted molar refractivity (Wildman–Crippen MR) is 94.9 cm³/mol. The Labute approximate surface area is 143 Å². The number of carbonyl (C=O) groups excluding carboxylic acids is 2. The van der Waals surface area contributed by atoms with E-state index < -0.39 is 0 Å². The highest BCUT2D eigenvalue weighted by Gasteiger charge is 2.31. The lowest BCUT2D eigenvalue weighted by molar-refractivity contribution is -0.126. The van der Waals surface area contributed by atoms with Crippen LogP contribution in [-0.2, 0) is 9.59 Å². The summed E-state index contributed by atoms with van der Waals surface area (Å²) in [6, 6.07) is 7.63. The van der Waals surface area contributed by atoms with Crippen LogP contribution in [-0.4, -0.2) is 35.5 Å². The number of rotatable bonds is 2. The highest BCUT2D eigenvalue weighted by Crippen LogP contribution is 2.24. The Morgan fingerprint density at radius 2 is 1.71 bits per heavy atom. The molecule has 0 aliphatic carbocycles. The summed E-state index contributed by atoms with van der Waals surface area (Å²) in [5.41, 5.74) is 2.34. The average Bonchev–Trinajstić information content (AvgIpc) is 2.55. The van der Waals surface area contributed by atoms with E-state index in [4.69, 9.17) is 0 Å². The number of benzene rings is 1. The standard InChI is InChI=1S/C19H25N3O2/c1-13-4-6-16(7-5-13)22-18(23)9-8-17(20-22)19(24)21-11-14(2)10-15(3)12-21/h4-7,14-15H,8-12H2,1-3H3/t14-,15+. The molecule has 5 heteroatoms. The van der Waals surface area contributed by atoms with Crippen LogP contribution in [0.3, 0.4) is 0 Å². The smallest absolute Gasteiger partial charge is 0.270 e. The molecule has 2 atom stereocenters. The molecule has 0 radical (unpaired) electrons. The Kier molecular flexibility index (Phi) is 4.69. The minimum Gasteiger partial charge on any atom is -0.337 e. The van der Waals surface area contributed by atoms with Crippen LogP contribution < -0.4 is 5.01 Å². The molecule has 24 heavy (non-hydrogen) atoms. The lowest BCUT2D eigenvalue weighted by atomic mass is 9.91. The van der Waals surface area contributed by atoms with E-state index in [0.29, 0.717) is 30.4 Å². The quantitative estimate of drug-likeness (QED) is 0.838. The van der Waals surface area contributed by atoms with Crippen LogP contribution in [0.15, 0.2) is 29.4 Å². The molecule has 0 unspecified atom stereocenters. The number of nitrogens with zero attached hydrogens (tertiary/aromatic N) is 3. The van der Waals surface area contributed by atoms with Crippen molar-refractivity contribution >= 4 is 23.2 Å². The van der Waals surface area contributed by atoms with Gasteiger partial charge >= 0.3 is 0 Å². The average molecular weight is 327 g/mol. The molecule has 1 saturated heterocycles. The molecule has 0 bridgehead atoms. The SMILES string of the molecule is Cc1ccc(N2N=C(C(=O)N3C[C@H](C)C[C@H](C)C3)CCC2=O)cc1. The van der Waals surface area contributed by atoms with E-state index in [1.807, 2.05) is 36.1 Å². The molecule has 2 amide bonds.